The third-order valence-electron chi connectivity index (χ3n) is 5.07. The number of likely N-dealkylation sites (N-methyl/N-ethyl adjacent to an activating group) is 1. The Labute approximate surface area is 190 Å². The molecule has 0 atom stereocenters. The zero-order chi connectivity index (χ0) is 21.3. The topological polar surface area (TPSA) is 48.7 Å². The van der Waals surface area contributed by atoms with Gasteiger partial charge >= 0.3 is 0 Å². The lowest BCUT2D eigenvalue weighted by Crippen LogP contribution is -2.44. The van der Waals surface area contributed by atoms with Crippen LogP contribution in [0.4, 0.5) is 11.4 Å². The van der Waals surface area contributed by atoms with Gasteiger partial charge in [-0.05, 0) is 55.6 Å². The van der Waals surface area contributed by atoms with E-state index in [0.29, 0.717) is 32.1 Å². The van der Waals surface area contributed by atoms with Gasteiger partial charge in [0.2, 0.25) is 0 Å². The van der Waals surface area contributed by atoms with Crippen LogP contribution in [0.2, 0.25) is 15.1 Å². The predicted molar refractivity (Wildman–Crippen MR) is 123 cm³/mol. The summed E-state index contributed by atoms with van der Waals surface area (Å²) in [6.45, 7) is 3.82. The van der Waals surface area contributed by atoms with Gasteiger partial charge in [-0.1, -0.05) is 34.8 Å². The Balaban J connectivity index is 1.47. The van der Waals surface area contributed by atoms with Crippen LogP contribution in [0.25, 0.3) is 11.3 Å². The monoisotopic (exact) mass is 463 g/mol. The van der Waals surface area contributed by atoms with Crippen LogP contribution in [0.5, 0.6) is 0 Å². The molecule has 0 aliphatic carbocycles. The minimum atomic E-state index is -0.372. The Kier molecular flexibility index (Phi) is 6.25. The number of furan rings is 1. The first-order valence-electron chi connectivity index (χ1n) is 9.50. The highest BCUT2D eigenvalue weighted by Gasteiger charge is 2.18. The number of carbonyl (C=O) groups is 1. The van der Waals surface area contributed by atoms with Crippen molar-refractivity contribution in [1.82, 2.24) is 4.90 Å². The van der Waals surface area contributed by atoms with Crippen molar-refractivity contribution in [3.05, 3.63) is 69.4 Å². The second-order valence-corrected chi connectivity index (χ2v) is 8.45. The van der Waals surface area contributed by atoms with E-state index in [-0.39, 0.29) is 11.7 Å². The van der Waals surface area contributed by atoms with Gasteiger partial charge in [0, 0.05) is 42.5 Å². The van der Waals surface area contributed by atoms with Crippen LogP contribution >= 0.6 is 34.8 Å². The number of anilines is 2. The van der Waals surface area contributed by atoms with E-state index >= 15 is 0 Å². The van der Waals surface area contributed by atoms with Gasteiger partial charge in [-0.15, -0.1) is 0 Å². The Hall–Kier alpha value is -2.18. The molecule has 8 heteroatoms. The number of benzene rings is 2. The summed E-state index contributed by atoms with van der Waals surface area (Å²) in [6, 6.07) is 13.9. The number of rotatable bonds is 4. The lowest BCUT2D eigenvalue weighted by Gasteiger charge is -2.34. The van der Waals surface area contributed by atoms with E-state index in [0.717, 1.165) is 31.9 Å². The molecule has 0 spiro atoms. The van der Waals surface area contributed by atoms with Gasteiger partial charge in [-0.3, -0.25) is 4.79 Å². The summed E-state index contributed by atoms with van der Waals surface area (Å²) in [7, 11) is 2.11. The quantitative estimate of drug-likeness (QED) is 0.521. The molecule has 4 rings (SSSR count). The van der Waals surface area contributed by atoms with E-state index < -0.39 is 0 Å². The lowest BCUT2D eigenvalue weighted by molar-refractivity contribution is 0.0997. The molecule has 30 heavy (non-hydrogen) atoms. The van der Waals surface area contributed by atoms with Gasteiger partial charge in [-0.2, -0.15) is 0 Å². The van der Waals surface area contributed by atoms with Gasteiger partial charge in [-0.25, -0.2) is 0 Å². The molecule has 5 nitrogen and oxygen atoms in total. The number of carbonyl (C=O) groups excluding carboxylic acids is 1. The molecule has 1 aliphatic rings. The Morgan fingerprint density at radius 1 is 0.933 bits per heavy atom. The molecule has 1 fully saturated rings. The maximum atomic E-state index is 12.6. The fourth-order valence-electron chi connectivity index (χ4n) is 3.37. The third kappa shape index (κ3) is 4.60. The molecule has 2 heterocycles. The molecule has 1 aromatic heterocycles. The average molecular weight is 465 g/mol. The normalized spacial score (nSPS) is 14.7. The Bertz CT molecular complexity index is 1080. The van der Waals surface area contributed by atoms with Crippen LogP contribution in [0.1, 0.15) is 10.6 Å². The zero-order valence-electron chi connectivity index (χ0n) is 16.3. The van der Waals surface area contributed by atoms with Crippen molar-refractivity contribution in [3.63, 3.8) is 0 Å². The average Bonchev–Trinajstić information content (AvgIpc) is 3.21. The predicted octanol–water partition coefficient (Wildman–Crippen LogP) is 5.91. The van der Waals surface area contributed by atoms with Crippen molar-refractivity contribution in [2.24, 2.45) is 0 Å². The molecule has 1 N–H and O–H groups in total. The summed E-state index contributed by atoms with van der Waals surface area (Å²) >= 11 is 18.7. The number of halogens is 3. The van der Waals surface area contributed by atoms with Crippen LogP contribution in [-0.2, 0) is 0 Å². The number of nitrogens with zero attached hydrogens (tertiary/aromatic N) is 2. The van der Waals surface area contributed by atoms with E-state index in [1.165, 1.54) is 0 Å². The molecule has 0 unspecified atom stereocenters. The number of hydrogen-bond acceptors (Lipinski definition) is 4. The van der Waals surface area contributed by atoms with Crippen molar-refractivity contribution < 1.29 is 9.21 Å². The smallest absolute Gasteiger partial charge is 0.291 e. The zero-order valence-corrected chi connectivity index (χ0v) is 18.6. The summed E-state index contributed by atoms with van der Waals surface area (Å²) in [6.07, 6.45) is 0. The number of hydrogen-bond donors (Lipinski definition) is 1. The summed E-state index contributed by atoms with van der Waals surface area (Å²) in [4.78, 5) is 17.2. The van der Waals surface area contributed by atoms with Crippen LogP contribution in [0, 0.1) is 0 Å². The minimum Gasteiger partial charge on any atom is -0.451 e. The van der Waals surface area contributed by atoms with Crippen LogP contribution < -0.4 is 10.2 Å². The number of piperazine rings is 1. The van der Waals surface area contributed by atoms with Crippen molar-refractivity contribution in [2.45, 2.75) is 0 Å². The second kappa shape index (κ2) is 8.90. The van der Waals surface area contributed by atoms with Gasteiger partial charge in [0.25, 0.3) is 5.91 Å². The second-order valence-electron chi connectivity index (χ2n) is 7.20. The van der Waals surface area contributed by atoms with E-state index in [2.05, 4.69) is 22.2 Å². The first kappa shape index (κ1) is 21.1. The van der Waals surface area contributed by atoms with Gasteiger partial charge in [0.05, 0.1) is 15.7 Å². The summed E-state index contributed by atoms with van der Waals surface area (Å²) in [5, 5.41) is 4.45. The van der Waals surface area contributed by atoms with Crippen LogP contribution in [0.3, 0.4) is 0 Å². The Morgan fingerprint density at radius 2 is 1.70 bits per heavy atom. The molecule has 156 valence electrons. The van der Waals surface area contributed by atoms with Gasteiger partial charge in [0.15, 0.2) is 5.76 Å². The first-order chi connectivity index (χ1) is 14.4. The molecule has 0 bridgehead atoms. The highest BCUT2D eigenvalue weighted by Crippen LogP contribution is 2.33. The van der Waals surface area contributed by atoms with Crippen molar-refractivity contribution >= 4 is 52.1 Å². The highest BCUT2D eigenvalue weighted by molar-refractivity contribution is 6.35. The van der Waals surface area contributed by atoms with Crippen molar-refractivity contribution in [2.75, 3.05) is 43.4 Å². The molecule has 1 saturated heterocycles. The molecule has 2 aromatic carbocycles. The maximum absolute atomic E-state index is 12.6. The standard InChI is InChI=1S/C22H20Cl3N3O2/c1-27-8-10-28(11-9-27)19-5-3-15(13-18(19)25)26-22(29)21-7-6-20(30-21)16-12-14(23)2-4-17(16)24/h2-7,12-13H,8-11H2,1H3,(H,26,29). The third-order valence-corrected chi connectivity index (χ3v) is 5.94. The van der Waals surface area contributed by atoms with Crippen molar-refractivity contribution in [3.8, 4) is 11.3 Å². The minimum absolute atomic E-state index is 0.167. The molecule has 0 saturated carbocycles. The molecule has 0 radical (unpaired) electrons. The molecular formula is C22H20Cl3N3O2. The maximum Gasteiger partial charge on any atom is 0.291 e. The summed E-state index contributed by atoms with van der Waals surface area (Å²) in [5.41, 5.74) is 2.20. The van der Waals surface area contributed by atoms with Gasteiger partial charge in [0.1, 0.15) is 5.76 Å². The van der Waals surface area contributed by atoms with Gasteiger partial charge < -0.3 is 19.5 Å². The molecule has 1 aliphatic heterocycles. The molecular weight excluding hydrogens is 445 g/mol. The fraction of sp³-hybridized carbons (Fsp3) is 0.227. The Morgan fingerprint density at radius 3 is 2.43 bits per heavy atom. The number of amides is 1. The van der Waals surface area contributed by atoms with Crippen LogP contribution in [-0.4, -0.2) is 44.0 Å². The van der Waals surface area contributed by atoms with E-state index in [1.54, 1.807) is 36.4 Å². The molecule has 3 aromatic rings. The van der Waals surface area contributed by atoms with E-state index in [4.69, 9.17) is 39.2 Å². The summed E-state index contributed by atoms with van der Waals surface area (Å²) in [5.74, 6) is 0.263. The SMILES string of the molecule is CN1CCN(c2ccc(NC(=O)c3ccc(-c4cc(Cl)ccc4Cl)o3)cc2Cl)CC1. The van der Waals surface area contributed by atoms with Crippen molar-refractivity contribution in [1.29, 1.82) is 0 Å². The van der Waals surface area contributed by atoms with Crippen LogP contribution in [0.15, 0.2) is 52.9 Å². The molecule has 1 amide bonds. The number of nitrogens with one attached hydrogen (secondary N) is 1. The summed E-state index contributed by atoms with van der Waals surface area (Å²) < 4.78 is 5.70. The highest BCUT2D eigenvalue weighted by atomic mass is 35.5. The lowest BCUT2D eigenvalue weighted by atomic mass is 10.2. The van der Waals surface area contributed by atoms with E-state index in [9.17, 15) is 4.79 Å². The largest absolute Gasteiger partial charge is 0.451 e. The fourth-order valence-corrected chi connectivity index (χ4v) is 4.05. The van der Waals surface area contributed by atoms with E-state index in [1.807, 2.05) is 12.1 Å². The first-order valence-corrected chi connectivity index (χ1v) is 10.6.